The number of nitrogens with one attached hydrogen (secondary N) is 1. The second-order valence-electron chi connectivity index (χ2n) is 7.44. The maximum absolute atomic E-state index is 12.7. The summed E-state index contributed by atoms with van der Waals surface area (Å²) in [6.07, 6.45) is 2.88. The summed E-state index contributed by atoms with van der Waals surface area (Å²) >= 11 is 0. The van der Waals surface area contributed by atoms with Gasteiger partial charge in [0.15, 0.2) is 9.84 Å². The fourth-order valence-corrected chi connectivity index (χ4v) is 5.53. The first-order valence-electron chi connectivity index (χ1n) is 8.82. The van der Waals surface area contributed by atoms with Gasteiger partial charge in [-0.05, 0) is 38.5 Å². The molecule has 0 spiro atoms. The number of amides is 4. The van der Waals surface area contributed by atoms with Gasteiger partial charge in [-0.25, -0.2) is 13.2 Å². The summed E-state index contributed by atoms with van der Waals surface area (Å²) in [5, 5.41) is 2.72. The number of urea groups is 1. The first-order valence-corrected chi connectivity index (χ1v) is 10.6. The molecule has 8 nitrogen and oxygen atoms in total. The molecule has 0 aromatic rings. The lowest BCUT2D eigenvalue weighted by Gasteiger charge is -2.29. The third kappa shape index (κ3) is 3.38. The molecule has 140 valence electrons. The van der Waals surface area contributed by atoms with Gasteiger partial charge in [-0.2, -0.15) is 0 Å². The molecule has 0 aromatic heterocycles. The lowest BCUT2D eigenvalue weighted by Crippen LogP contribution is -2.49. The highest BCUT2D eigenvalue weighted by molar-refractivity contribution is 7.91. The first kappa shape index (κ1) is 18.2. The number of sulfone groups is 1. The number of carbonyl (C=O) groups is 3. The van der Waals surface area contributed by atoms with Crippen molar-refractivity contribution >= 4 is 27.7 Å². The molecule has 2 atom stereocenters. The van der Waals surface area contributed by atoms with Crippen LogP contribution in [-0.4, -0.2) is 72.2 Å². The normalized spacial score (nSPS) is 31.3. The molecule has 1 saturated carbocycles. The highest BCUT2D eigenvalue weighted by Crippen LogP contribution is 2.42. The number of imide groups is 1. The maximum Gasteiger partial charge on any atom is 0.325 e. The molecule has 1 aliphatic carbocycles. The Morgan fingerprint density at radius 1 is 1.32 bits per heavy atom. The number of rotatable bonds is 6. The fourth-order valence-electron chi connectivity index (χ4n) is 3.80. The Balaban J connectivity index is 1.71. The Morgan fingerprint density at radius 3 is 2.52 bits per heavy atom. The predicted octanol–water partition coefficient (Wildman–Crippen LogP) is 0.133. The molecule has 4 amide bonds. The molecule has 1 N–H and O–H groups in total. The zero-order valence-electron chi connectivity index (χ0n) is 14.7. The van der Waals surface area contributed by atoms with Crippen LogP contribution in [0.5, 0.6) is 0 Å². The summed E-state index contributed by atoms with van der Waals surface area (Å²) in [4.78, 5) is 40.1. The molecule has 2 saturated heterocycles. The molecule has 2 heterocycles. The van der Waals surface area contributed by atoms with E-state index in [0.717, 1.165) is 17.7 Å². The van der Waals surface area contributed by atoms with E-state index in [9.17, 15) is 22.8 Å². The first-order chi connectivity index (χ1) is 11.7. The minimum atomic E-state index is -3.12. The monoisotopic (exact) mass is 371 g/mol. The van der Waals surface area contributed by atoms with Gasteiger partial charge in [-0.15, -0.1) is 0 Å². The number of hydrogen-bond donors (Lipinski definition) is 1. The van der Waals surface area contributed by atoms with Crippen LogP contribution in [0, 0.1) is 5.92 Å². The zero-order valence-corrected chi connectivity index (χ0v) is 15.5. The molecule has 3 fully saturated rings. The van der Waals surface area contributed by atoms with Crippen molar-refractivity contribution in [2.24, 2.45) is 5.92 Å². The van der Waals surface area contributed by atoms with Gasteiger partial charge in [0.25, 0.3) is 5.91 Å². The van der Waals surface area contributed by atoms with Crippen LogP contribution >= 0.6 is 0 Å². The molecule has 2 aliphatic heterocycles. The van der Waals surface area contributed by atoms with Gasteiger partial charge < -0.3 is 10.2 Å². The summed E-state index contributed by atoms with van der Waals surface area (Å²) < 4.78 is 23.4. The Morgan fingerprint density at radius 2 is 2.00 bits per heavy atom. The van der Waals surface area contributed by atoms with Crippen molar-refractivity contribution in [3.8, 4) is 0 Å². The highest BCUT2D eigenvalue weighted by Gasteiger charge is 2.56. The predicted molar refractivity (Wildman–Crippen MR) is 90.4 cm³/mol. The van der Waals surface area contributed by atoms with Crippen molar-refractivity contribution in [1.82, 2.24) is 15.1 Å². The van der Waals surface area contributed by atoms with Crippen LogP contribution in [0.15, 0.2) is 0 Å². The van der Waals surface area contributed by atoms with E-state index in [-0.39, 0.29) is 41.8 Å². The minimum Gasteiger partial charge on any atom is -0.337 e. The van der Waals surface area contributed by atoms with E-state index >= 15 is 0 Å². The molecule has 0 aromatic carbocycles. The van der Waals surface area contributed by atoms with Crippen molar-refractivity contribution in [3.63, 3.8) is 0 Å². The second kappa shape index (κ2) is 6.26. The van der Waals surface area contributed by atoms with Crippen molar-refractivity contribution in [1.29, 1.82) is 0 Å². The Kier molecular flexibility index (Phi) is 4.55. The van der Waals surface area contributed by atoms with Crippen molar-refractivity contribution < 1.29 is 22.8 Å². The van der Waals surface area contributed by atoms with Crippen molar-refractivity contribution in [2.75, 3.05) is 24.6 Å². The van der Waals surface area contributed by atoms with Gasteiger partial charge in [0, 0.05) is 12.6 Å². The number of nitrogens with zero attached hydrogens (tertiary/aromatic N) is 2. The highest BCUT2D eigenvalue weighted by atomic mass is 32.2. The van der Waals surface area contributed by atoms with Gasteiger partial charge in [-0.1, -0.05) is 6.92 Å². The summed E-state index contributed by atoms with van der Waals surface area (Å²) in [6, 6.07) is -0.906. The van der Waals surface area contributed by atoms with Crippen LogP contribution in [-0.2, 0) is 19.4 Å². The van der Waals surface area contributed by atoms with E-state index in [1.807, 2.05) is 6.92 Å². The summed E-state index contributed by atoms with van der Waals surface area (Å²) in [5.74, 6) is -0.556. The molecule has 25 heavy (non-hydrogen) atoms. The smallest absolute Gasteiger partial charge is 0.325 e. The molecular weight excluding hydrogens is 346 g/mol. The Hall–Kier alpha value is -1.64. The van der Waals surface area contributed by atoms with Gasteiger partial charge in [0.1, 0.15) is 12.1 Å². The average Bonchev–Trinajstić information content (AvgIpc) is 3.29. The summed E-state index contributed by atoms with van der Waals surface area (Å²) in [7, 11) is -3.12. The van der Waals surface area contributed by atoms with E-state index < -0.39 is 21.4 Å². The van der Waals surface area contributed by atoms with Crippen LogP contribution in [0.1, 0.15) is 39.5 Å². The van der Waals surface area contributed by atoms with E-state index in [0.29, 0.717) is 19.4 Å². The van der Waals surface area contributed by atoms with Crippen LogP contribution < -0.4 is 5.32 Å². The molecule has 3 rings (SSSR count). The lowest BCUT2D eigenvalue weighted by molar-refractivity contribution is -0.140. The molecule has 0 radical (unpaired) electrons. The average molecular weight is 371 g/mol. The fraction of sp³-hybridized carbons (Fsp3) is 0.812. The lowest BCUT2D eigenvalue weighted by atomic mass is 9.96. The van der Waals surface area contributed by atoms with Gasteiger partial charge in [0.05, 0.1) is 11.5 Å². The van der Waals surface area contributed by atoms with Crippen molar-refractivity contribution in [3.05, 3.63) is 0 Å². The summed E-state index contributed by atoms with van der Waals surface area (Å²) in [6.45, 7) is 3.70. The van der Waals surface area contributed by atoms with Crippen LogP contribution in [0.2, 0.25) is 0 Å². The third-order valence-corrected chi connectivity index (χ3v) is 7.17. The SMILES string of the molecule is CCCN(C(=O)CN1C(=O)N[C@@](C)(C2CC2)C1=O)[C@@H]1CCS(=O)(=O)C1. The number of carbonyl (C=O) groups excluding carboxylic acids is 3. The van der Waals surface area contributed by atoms with Crippen LogP contribution in [0.3, 0.4) is 0 Å². The largest absolute Gasteiger partial charge is 0.337 e. The van der Waals surface area contributed by atoms with E-state index in [1.54, 1.807) is 6.92 Å². The van der Waals surface area contributed by atoms with Crippen molar-refractivity contribution in [2.45, 2.75) is 51.1 Å². The third-order valence-electron chi connectivity index (χ3n) is 5.42. The van der Waals surface area contributed by atoms with E-state index in [4.69, 9.17) is 0 Å². The Labute approximate surface area is 147 Å². The van der Waals surface area contributed by atoms with Gasteiger partial charge in [-0.3, -0.25) is 14.5 Å². The minimum absolute atomic E-state index is 0.0430. The Bertz CT molecular complexity index is 703. The molecule has 0 unspecified atom stereocenters. The zero-order chi connectivity index (χ0) is 18.4. The summed E-state index contributed by atoms with van der Waals surface area (Å²) in [5.41, 5.74) is -0.913. The van der Waals surface area contributed by atoms with Crippen LogP contribution in [0.4, 0.5) is 4.79 Å². The van der Waals surface area contributed by atoms with E-state index in [1.165, 1.54) is 4.90 Å². The topological polar surface area (TPSA) is 104 Å². The molecule has 9 heteroatoms. The van der Waals surface area contributed by atoms with Crippen LogP contribution in [0.25, 0.3) is 0 Å². The van der Waals surface area contributed by atoms with E-state index in [2.05, 4.69) is 5.32 Å². The van der Waals surface area contributed by atoms with Gasteiger partial charge >= 0.3 is 6.03 Å². The molecule has 0 bridgehead atoms. The second-order valence-corrected chi connectivity index (χ2v) is 9.67. The molecule has 3 aliphatic rings. The van der Waals surface area contributed by atoms with Gasteiger partial charge in [0.2, 0.25) is 5.91 Å². The molecular formula is C16H25N3O5S. The quantitative estimate of drug-likeness (QED) is 0.669. The number of hydrogen-bond acceptors (Lipinski definition) is 5. The standard InChI is InChI=1S/C16H25N3O5S/c1-3-7-18(12-6-8-25(23,24)10-12)13(20)9-19-14(21)16(2,11-4-5-11)17-15(19)22/h11-12H,3-10H2,1-2H3,(H,17,22)/t12-,16+/m1/s1. The maximum atomic E-state index is 12.7.